The van der Waals surface area contributed by atoms with Gasteiger partial charge in [-0.2, -0.15) is 4.98 Å². The minimum atomic E-state index is -0.630. The summed E-state index contributed by atoms with van der Waals surface area (Å²) in [5, 5.41) is 1.84. The standard InChI is InChI=1S/C28H32N6O6/c1-7-9-12-33-26(37)21-18-11-10-17-19(30(4)24-22(17)25(36)32(6)28(39)31(24)5)13-20(18)34(23(21)29-27(33)38)16(8-2)14-40-15(3)35/h10-11,13,16H,7-9,12,14H2,1-6H3/t16-/m1/s1. The Balaban J connectivity index is 2.01. The van der Waals surface area contributed by atoms with Crippen LogP contribution in [0.15, 0.2) is 37.4 Å². The lowest BCUT2D eigenvalue weighted by molar-refractivity contribution is -0.142. The van der Waals surface area contributed by atoms with Gasteiger partial charge in [0.1, 0.15) is 12.3 Å². The summed E-state index contributed by atoms with van der Waals surface area (Å²) in [4.78, 5) is 68.8. The molecule has 0 N–H and O–H groups in total. The molecule has 1 atom stereocenters. The summed E-state index contributed by atoms with van der Waals surface area (Å²) in [6, 6.07) is 4.94. The Morgan fingerprint density at radius 3 is 2.23 bits per heavy atom. The minimum Gasteiger partial charge on any atom is -0.464 e. The molecule has 12 heteroatoms. The fourth-order valence-corrected chi connectivity index (χ4v) is 5.62. The Morgan fingerprint density at radius 2 is 1.60 bits per heavy atom. The molecule has 5 aromatic rings. The van der Waals surface area contributed by atoms with Crippen LogP contribution in [0.1, 0.15) is 46.1 Å². The number of carbonyl (C=O) groups excluding carboxylic acids is 1. The molecule has 0 fully saturated rings. The van der Waals surface area contributed by atoms with Crippen LogP contribution in [0.5, 0.6) is 0 Å². The van der Waals surface area contributed by atoms with Gasteiger partial charge in [-0.15, -0.1) is 0 Å². The van der Waals surface area contributed by atoms with E-state index in [4.69, 9.17) is 4.74 Å². The third-order valence-electron chi connectivity index (χ3n) is 7.75. The van der Waals surface area contributed by atoms with Gasteiger partial charge in [0, 0.05) is 45.4 Å². The Morgan fingerprint density at radius 1 is 0.925 bits per heavy atom. The molecule has 4 heterocycles. The van der Waals surface area contributed by atoms with Crippen LogP contribution < -0.4 is 22.5 Å². The predicted octanol–water partition coefficient (Wildman–Crippen LogP) is 2.07. The summed E-state index contributed by atoms with van der Waals surface area (Å²) in [7, 11) is 4.82. The molecule has 0 unspecified atom stereocenters. The van der Waals surface area contributed by atoms with Crippen molar-refractivity contribution in [2.24, 2.45) is 21.1 Å². The molecule has 0 spiro atoms. The van der Waals surface area contributed by atoms with Crippen LogP contribution >= 0.6 is 0 Å². The molecule has 210 valence electrons. The third-order valence-corrected chi connectivity index (χ3v) is 7.75. The van der Waals surface area contributed by atoms with Gasteiger partial charge in [-0.05, 0) is 18.9 Å². The van der Waals surface area contributed by atoms with Gasteiger partial charge in [0.05, 0.1) is 27.8 Å². The van der Waals surface area contributed by atoms with Crippen molar-refractivity contribution in [1.29, 1.82) is 0 Å². The average molecular weight is 549 g/mol. The van der Waals surface area contributed by atoms with Crippen molar-refractivity contribution < 1.29 is 9.53 Å². The fraction of sp³-hybridized carbons (Fsp3) is 0.429. The quantitative estimate of drug-likeness (QED) is 0.285. The van der Waals surface area contributed by atoms with Gasteiger partial charge in [-0.25, -0.2) is 9.59 Å². The molecule has 40 heavy (non-hydrogen) atoms. The van der Waals surface area contributed by atoms with E-state index in [2.05, 4.69) is 4.98 Å². The number of aryl methyl sites for hydroxylation is 2. The Kier molecular flexibility index (Phi) is 6.72. The Labute approximate surface area is 227 Å². The molecule has 0 aliphatic heterocycles. The van der Waals surface area contributed by atoms with Crippen molar-refractivity contribution in [3.63, 3.8) is 0 Å². The number of carbonyl (C=O) groups is 1. The average Bonchev–Trinajstić information content (AvgIpc) is 3.28. The number of esters is 1. The van der Waals surface area contributed by atoms with Gasteiger partial charge < -0.3 is 13.9 Å². The SMILES string of the molecule is CCCCn1c(=O)nc2c(c1=O)c1ccc3c4c(=O)n(C)c(=O)n(C)c4n(C)c3cc1n2[C@H](CC)COC(C)=O. The summed E-state index contributed by atoms with van der Waals surface area (Å²) >= 11 is 0. The highest BCUT2D eigenvalue weighted by atomic mass is 16.5. The summed E-state index contributed by atoms with van der Waals surface area (Å²) < 4.78 is 12.6. The lowest BCUT2D eigenvalue weighted by Gasteiger charge is -2.18. The smallest absolute Gasteiger partial charge is 0.352 e. The number of unbranched alkanes of at least 4 members (excludes halogenated alkanes) is 1. The van der Waals surface area contributed by atoms with Crippen LogP contribution in [0, 0.1) is 0 Å². The van der Waals surface area contributed by atoms with Crippen molar-refractivity contribution in [1.82, 2.24) is 27.8 Å². The lowest BCUT2D eigenvalue weighted by atomic mass is 10.2. The number of hydrogen-bond acceptors (Lipinski definition) is 7. The van der Waals surface area contributed by atoms with Crippen LogP contribution in [-0.2, 0) is 37.2 Å². The summed E-state index contributed by atoms with van der Waals surface area (Å²) in [6.07, 6.45) is 1.97. The fourth-order valence-electron chi connectivity index (χ4n) is 5.62. The highest BCUT2D eigenvalue weighted by molar-refractivity contribution is 6.12. The van der Waals surface area contributed by atoms with Gasteiger partial charge in [0.2, 0.25) is 0 Å². The van der Waals surface area contributed by atoms with Crippen molar-refractivity contribution in [2.75, 3.05) is 6.61 Å². The van der Waals surface area contributed by atoms with E-state index in [1.807, 2.05) is 19.9 Å². The molecule has 0 saturated carbocycles. The zero-order valence-corrected chi connectivity index (χ0v) is 23.5. The summed E-state index contributed by atoms with van der Waals surface area (Å²) in [5.41, 5.74) is -0.0233. The van der Waals surface area contributed by atoms with E-state index < -0.39 is 34.5 Å². The van der Waals surface area contributed by atoms with Gasteiger partial charge in [0.25, 0.3) is 11.1 Å². The van der Waals surface area contributed by atoms with E-state index in [0.717, 1.165) is 15.6 Å². The largest absolute Gasteiger partial charge is 0.464 e. The van der Waals surface area contributed by atoms with Gasteiger partial charge in [-0.1, -0.05) is 32.4 Å². The highest BCUT2D eigenvalue weighted by Crippen LogP contribution is 2.33. The molecular formula is C28H32N6O6. The predicted molar refractivity (Wildman–Crippen MR) is 153 cm³/mol. The molecule has 0 aliphatic carbocycles. The molecule has 0 amide bonds. The molecule has 4 aromatic heterocycles. The lowest BCUT2D eigenvalue weighted by Crippen LogP contribution is -2.37. The normalized spacial score (nSPS) is 12.7. The molecule has 0 bridgehead atoms. The maximum atomic E-state index is 13.8. The second kappa shape index (κ2) is 9.92. The first-order chi connectivity index (χ1) is 19.0. The minimum absolute atomic E-state index is 0.0193. The maximum Gasteiger partial charge on any atom is 0.352 e. The number of ether oxygens (including phenoxy) is 1. The first-order valence-corrected chi connectivity index (χ1v) is 13.3. The summed E-state index contributed by atoms with van der Waals surface area (Å²) in [6.45, 7) is 5.49. The third kappa shape index (κ3) is 3.89. The monoisotopic (exact) mass is 548 g/mol. The number of nitrogens with zero attached hydrogens (tertiary/aromatic N) is 6. The second-order valence-corrected chi connectivity index (χ2v) is 10.2. The second-order valence-electron chi connectivity index (χ2n) is 10.2. The Hall–Kier alpha value is -4.48. The van der Waals surface area contributed by atoms with Gasteiger partial charge in [-0.3, -0.25) is 28.1 Å². The van der Waals surface area contributed by atoms with Gasteiger partial charge in [0.15, 0.2) is 5.65 Å². The maximum absolute atomic E-state index is 13.8. The summed E-state index contributed by atoms with van der Waals surface area (Å²) in [5.74, 6) is -0.447. The van der Waals surface area contributed by atoms with E-state index in [1.165, 1.54) is 18.5 Å². The van der Waals surface area contributed by atoms with Crippen LogP contribution in [0.2, 0.25) is 0 Å². The van der Waals surface area contributed by atoms with E-state index in [0.29, 0.717) is 45.7 Å². The van der Waals surface area contributed by atoms with Gasteiger partial charge >= 0.3 is 17.3 Å². The van der Waals surface area contributed by atoms with Crippen molar-refractivity contribution in [3.8, 4) is 0 Å². The van der Waals surface area contributed by atoms with Crippen molar-refractivity contribution in [3.05, 3.63) is 59.9 Å². The first kappa shape index (κ1) is 27.1. The van der Waals surface area contributed by atoms with E-state index >= 15 is 0 Å². The van der Waals surface area contributed by atoms with Crippen molar-refractivity contribution in [2.45, 2.75) is 52.6 Å². The first-order valence-electron chi connectivity index (χ1n) is 13.3. The van der Waals surface area contributed by atoms with E-state index in [-0.39, 0.29) is 24.2 Å². The zero-order valence-electron chi connectivity index (χ0n) is 23.5. The molecule has 0 saturated heterocycles. The molecule has 12 nitrogen and oxygen atoms in total. The number of rotatable bonds is 7. The molecular weight excluding hydrogens is 516 g/mol. The molecule has 1 aromatic carbocycles. The number of hydrogen-bond donors (Lipinski definition) is 0. The number of fused-ring (bicyclic) bond motifs is 6. The molecule has 5 rings (SSSR count). The van der Waals surface area contributed by atoms with Crippen LogP contribution in [0.25, 0.3) is 43.9 Å². The van der Waals surface area contributed by atoms with Crippen LogP contribution in [0.3, 0.4) is 0 Å². The van der Waals surface area contributed by atoms with E-state index in [9.17, 15) is 24.0 Å². The topological polar surface area (TPSA) is 132 Å². The Bertz CT molecular complexity index is 2090. The van der Waals surface area contributed by atoms with E-state index in [1.54, 1.807) is 35.4 Å². The molecule has 0 radical (unpaired) electrons. The zero-order chi connectivity index (χ0) is 29.0. The van der Waals surface area contributed by atoms with Crippen LogP contribution in [0.4, 0.5) is 0 Å². The molecule has 0 aliphatic rings. The van der Waals surface area contributed by atoms with Crippen molar-refractivity contribution >= 4 is 49.8 Å². The number of aromatic nitrogens is 6. The highest BCUT2D eigenvalue weighted by Gasteiger charge is 2.25. The van der Waals surface area contributed by atoms with Crippen LogP contribution in [-0.4, -0.2) is 40.4 Å².